The van der Waals surface area contributed by atoms with Crippen molar-refractivity contribution in [1.29, 1.82) is 0 Å². The predicted octanol–water partition coefficient (Wildman–Crippen LogP) is 1.93. The molecule has 0 radical (unpaired) electrons. The lowest BCUT2D eigenvalue weighted by atomic mass is 10.1. The predicted molar refractivity (Wildman–Crippen MR) is 62.0 cm³/mol. The Kier molecular flexibility index (Phi) is 6.26. The van der Waals surface area contributed by atoms with Gasteiger partial charge in [-0.05, 0) is 24.8 Å². The molecule has 0 unspecified atom stereocenters. The van der Waals surface area contributed by atoms with Gasteiger partial charge in [0.1, 0.15) is 0 Å². The molecule has 0 saturated carbocycles. The van der Waals surface area contributed by atoms with Crippen LogP contribution < -0.4 is 0 Å². The van der Waals surface area contributed by atoms with E-state index in [9.17, 15) is 4.79 Å². The van der Waals surface area contributed by atoms with E-state index in [4.69, 9.17) is 9.84 Å². The summed E-state index contributed by atoms with van der Waals surface area (Å²) in [5.74, 6) is -0.165. The van der Waals surface area contributed by atoms with Gasteiger partial charge in [-0.1, -0.05) is 30.3 Å². The van der Waals surface area contributed by atoms with E-state index >= 15 is 0 Å². The van der Waals surface area contributed by atoms with Crippen LogP contribution in [0.3, 0.4) is 0 Å². The highest BCUT2D eigenvalue weighted by Gasteiger charge is 2.02. The lowest BCUT2D eigenvalue weighted by Gasteiger charge is -2.04. The van der Waals surface area contributed by atoms with Gasteiger partial charge in [-0.2, -0.15) is 0 Å². The molecule has 0 heterocycles. The molecule has 3 nitrogen and oxygen atoms in total. The largest absolute Gasteiger partial charge is 0.466 e. The second-order valence-corrected chi connectivity index (χ2v) is 3.64. The fourth-order valence-corrected chi connectivity index (χ4v) is 1.36. The molecule has 0 spiro atoms. The molecule has 0 bridgehead atoms. The molecule has 1 aromatic rings. The molecule has 0 aromatic heterocycles. The molecule has 0 aliphatic heterocycles. The Morgan fingerprint density at radius 3 is 2.62 bits per heavy atom. The molecular formula is C13H18O3. The van der Waals surface area contributed by atoms with Crippen LogP contribution in [0.25, 0.3) is 0 Å². The highest BCUT2D eigenvalue weighted by Crippen LogP contribution is 2.03. The van der Waals surface area contributed by atoms with Crippen LogP contribution in [0.15, 0.2) is 30.3 Å². The lowest BCUT2D eigenvalue weighted by molar-refractivity contribution is -0.143. The molecule has 1 N–H and O–H groups in total. The van der Waals surface area contributed by atoms with E-state index in [1.165, 1.54) is 0 Å². The van der Waals surface area contributed by atoms with E-state index in [-0.39, 0.29) is 12.6 Å². The zero-order chi connectivity index (χ0) is 11.6. The maximum Gasteiger partial charge on any atom is 0.306 e. The molecule has 88 valence electrons. The minimum absolute atomic E-state index is 0.154. The normalized spacial score (nSPS) is 10.1. The molecule has 0 fully saturated rings. The maximum absolute atomic E-state index is 11.3. The topological polar surface area (TPSA) is 46.5 Å². The van der Waals surface area contributed by atoms with Gasteiger partial charge in [-0.25, -0.2) is 0 Å². The van der Waals surface area contributed by atoms with Gasteiger partial charge >= 0.3 is 5.97 Å². The summed E-state index contributed by atoms with van der Waals surface area (Å²) >= 11 is 0. The molecule has 1 aromatic carbocycles. The Labute approximate surface area is 96.1 Å². The SMILES string of the molecule is O=C(CCc1ccccc1)OCCCCO. The number of carbonyl (C=O) groups excluding carboxylic acids is 1. The van der Waals surface area contributed by atoms with Gasteiger partial charge in [0.25, 0.3) is 0 Å². The summed E-state index contributed by atoms with van der Waals surface area (Å²) in [6, 6.07) is 9.87. The van der Waals surface area contributed by atoms with E-state index in [1.807, 2.05) is 30.3 Å². The van der Waals surface area contributed by atoms with Crippen molar-refractivity contribution in [3.63, 3.8) is 0 Å². The van der Waals surface area contributed by atoms with Crippen LogP contribution in [0.4, 0.5) is 0 Å². The maximum atomic E-state index is 11.3. The Morgan fingerprint density at radius 1 is 1.19 bits per heavy atom. The van der Waals surface area contributed by atoms with Crippen LogP contribution in [0.2, 0.25) is 0 Å². The van der Waals surface area contributed by atoms with Crippen LogP contribution in [0, 0.1) is 0 Å². The fourth-order valence-electron chi connectivity index (χ4n) is 1.36. The van der Waals surface area contributed by atoms with Crippen molar-refractivity contribution in [1.82, 2.24) is 0 Å². The molecule has 1 rings (SSSR count). The van der Waals surface area contributed by atoms with E-state index < -0.39 is 0 Å². The first-order chi connectivity index (χ1) is 7.83. The molecule has 0 amide bonds. The Hall–Kier alpha value is -1.35. The van der Waals surface area contributed by atoms with E-state index in [1.54, 1.807) is 0 Å². The minimum Gasteiger partial charge on any atom is -0.466 e. The second-order valence-electron chi connectivity index (χ2n) is 3.64. The summed E-state index contributed by atoms with van der Waals surface area (Å²) in [6.07, 6.45) is 2.56. The van der Waals surface area contributed by atoms with E-state index in [0.717, 1.165) is 18.4 Å². The number of esters is 1. The van der Waals surface area contributed by atoms with Crippen molar-refractivity contribution in [3.8, 4) is 0 Å². The molecule has 0 saturated heterocycles. The van der Waals surface area contributed by atoms with Gasteiger partial charge in [-0.3, -0.25) is 4.79 Å². The number of aryl methyl sites for hydroxylation is 1. The Morgan fingerprint density at radius 2 is 1.94 bits per heavy atom. The van der Waals surface area contributed by atoms with Crippen molar-refractivity contribution in [3.05, 3.63) is 35.9 Å². The summed E-state index contributed by atoms with van der Waals surface area (Å²) in [4.78, 5) is 11.3. The number of ether oxygens (including phenoxy) is 1. The number of carbonyl (C=O) groups is 1. The summed E-state index contributed by atoms with van der Waals surface area (Å²) in [5.41, 5.74) is 1.15. The summed E-state index contributed by atoms with van der Waals surface area (Å²) in [6.45, 7) is 0.565. The smallest absolute Gasteiger partial charge is 0.306 e. The van der Waals surface area contributed by atoms with Gasteiger partial charge in [0.15, 0.2) is 0 Å². The number of hydrogen-bond donors (Lipinski definition) is 1. The Balaban J connectivity index is 2.11. The number of unbranched alkanes of at least 4 members (excludes halogenated alkanes) is 1. The van der Waals surface area contributed by atoms with Crippen molar-refractivity contribution in [2.75, 3.05) is 13.2 Å². The third-order valence-electron chi connectivity index (χ3n) is 2.28. The fraction of sp³-hybridized carbons (Fsp3) is 0.462. The monoisotopic (exact) mass is 222 g/mol. The first kappa shape index (κ1) is 12.7. The number of rotatable bonds is 7. The zero-order valence-electron chi connectivity index (χ0n) is 9.39. The molecule has 3 heteroatoms. The summed E-state index contributed by atoms with van der Waals surface area (Å²) in [5, 5.41) is 8.54. The van der Waals surface area contributed by atoms with Gasteiger partial charge in [0.2, 0.25) is 0 Å². The molecule has 0 aliphatic rings. The van der Waals surface area contributed by atoms with Crippen LogP contribution in [-0.4, -0.2) is 24.3 Å². The first-order valence-electron chi connectivity index (χ1n) is 5.63. The standard InChI is InChI=1S/C13H18O3/c14-10-4-5-11-16-13(15)9-8-12-6-2-1-3-7-12/h1-3,6-7,14H,4-5,8-11H2. The number of benzene rings is 1. The van der Waals surface area contributed by atoms with E-state index in [2.05, 4.69) is 0 Å². The van der Waals surface area contributed by atoms with Crippen molar-refractivity contribution >= 4 is 5.97 Å². The molecule has 16 heavy (non-hydrogen) atoms. The molecule has 0 atom stereocenters. The summed E-state index contributed by atoms with van der Waals surface area (Å²) in [7, 11) is 0. The van der Waals surface area contributed by atoms with Crippen LogP contribution in [-0.2, 0) is 16.0 Å². The van der Waals surface area contributed by atoms with Crippen LogP contribution >= 0.6 is 0 Å². The quantitative estimate of drug-likeness (QED) is 0.566. The Bertz CT molecular complexity index is 295. The molecular weight excluding hydrogens is 204 g/mol. The van der Waals surface area contributed by atoms with Gasteiger partial charge in [0.05, 0.1) is 6.61 Å². The van der Waals surface area contributed by atoms with Gasteiger partial charge < -0.3 is 9.84 Å². The van der Waals surface area contributed by atoms with Crippen molar-refractivity contribution in [2.24, 2.45) is 0 Å². The number of hydrogen-bond acceptors (Lipinski definition) is 3. The average molecular weight is 222 g/mol. The first-order valence-corrected chi connectivity index (χ1v) is 5.63. The van der Waals surface area contributed by atoms with Crippen LogP contribution in [0.5, 0.6) is 0 Å². The molecule has 0 aliphatic carbocycles. The van der Waals surface area contributed by atoms with Gasteiger partial charge in [-0.15, -0.1) is 0 Å². The third kappa shape index (κ3) is 5.51. The number of aliphatic hydroxyl groups excluding tert-OH is 1. The average Bonchev–Trinajstić information content (AvgIpc) is 2.33. The third-order valence-corrected chi connectivity index (χ3v) is 2.28. The van der Waals surface area contributed by atoms with Crippen molar-refractivity contribution in [2.45, 2.75) is 25.7 Å². The second kappa shape index (κ2) is 7.88. The lowest BCUT2D eigenvalue weighted by Crippen LogP contribution is -2.07. The zero-order valence-corrected chi connectivity index (χ0v) is 9.39. The van der Waals surface area contributed by atoms with Crippen LogP contribution in [0.1, 0.15) is 24.8 Å². The van der Waals surface area contributed by atoms with Gasteiger partial charge in [0, 0.05) is 13.0 Å². The highest BCUT2D eigenvalue weighted by molar-refractivity contribution is 5.69. The minimum atomic E-state index is -0.165. The highest BCUT2D eigenvalue weighted by atomic mass is 16.5. The van der Waals surface area contributed by atoms with Crippen molar-refractivity contribution < 1.29 is 14.6 Å². The van der Waals surface area contributed by atoms with E-state index in [0.29, 0.717) is 19.4 Å². The summed E-state index contributed by atoms with van der Waals surface area (Å²) < 4.78 is 5.02. The number of aliphatic hydroxyl groups is 1.